The van der Waals surface area contributed by atoms with E-state index < -0.39 is 0 Å². The molecule has 0 aliphatic carbocycles. The molecule has 0 radical (unpaired) electrons. The van der Waals surface area contributed by atoms with Crippen LogP contribution in [0.3, 0.4) is 0 Å². The maximum atomic E-state index is 11.0. The average molecular weight is 221 g/mol. The van der Waals surface area contributed by atoms with Crippen LogP contribution in [0, 0.1) is 5.92 Å². The van der Waals surface area contributed by atoms with Gasteiger partial charge >= 0.3 is 8.05 Å². The maximum Gasteiger partial charge on any atom is 0.325 e. The van der Waals surface area contributed by atoms with Gasteiger partial charge in [0.1, 0.15) is 0 Å². The largest absolute Gasteiger partial charge is 0.543 e. The second-order valence-corrected chi connectivity index (χ2v) is 2.77. The smallest absolute Gasteiger partial charge is 0.325 e. The Kier molecular flexibility index (Phi) is 11.3. The molecule has 0 saturated heterocycles. The predicted octanol–water partition coefficient (Wildman–Crippen LogP) is 1.29. The first kappa shape index (κ1) is 14.7. The van der Waals surface area contributed by atoms with E-state index in [1.54, 1.807) is 0 Å². The van der Waals surface area contributed by atoms with Crippen molar-refractivity contribution in [3.8, 4) is 0 Å². The standard InChI is InChI=1S/C8H17BO2.Zn/c1-3-5-6-7(4-2)8(10)11-9;/h7H,3-6,9H2,1-2H3;. The minimum absolute atomic E-state index is 0. The van der Waals surface area contributed by atoms with Gasteiger partial charge in [0, 0.05) is 19.5 Å². The van der Waals surface area contributed by atoms with Crippen molar-refractivity contribution >= 4 is 14.0 Å². The Morgan fingerprint density at radius 2 is 2.08 bits per heavy atom. The molecule has 66 valence electrons. The van der Waals surface area contributed by atoms with E-state index in [0.717, 1.165) is 25.7 Å². The molecule has 0 spiro atoms. The van der Waals surface area contributed by atoms with Crippen LogP contribution < -0.4 is 0 Å². The second kappa shape index (κ2) is 9.25. The van der Waals surface area contributed by atoms with Crippen LogP contribution in [0.2, 0.25) is 0 Å². The summed E-state index contributed by atoms with van der Waals surface area (Å²) in [5.41, 5.74) is 0. The van der Waals surface area contributed by atoms with Crippen molar-refractivity contribution in [2.24, 2.45) is 5.92 Å². The normalized spacial score (nSPS) is 11.5. The van der Waals surface area contributed by atoms with Gasteiger partial charge in [0.2, 0.25) is 0 Å². The van der Waals surface area contributed by atoms with E-state index >= 15 is 0 Å². The van der Waals surface area contributed by atoms with Crippen molar-refractivity contribution in [1.82, 2.24) is 0 Å². The molecule has 0 saturated carbocycles. The van der Waals surface area contributed by atoms with Gasteiger partial charge in [-0.2, -0.15) is 0 Å². The van der Waals surface area contributed by atoms with Crippen LogP contribution in [0.1, 0.15) is 39.5 Å². The first-order valence-corrected chi connectivity index (χ1v) is 4.34. The topological polar surface area (TPSA) is 26.3 Å². The molecule has 0 aliphatic rings. The summed E-state index contributed by atoms with van der Waals surface area (Å²) in [5.74, 6) is 0.0703. The van der Waals surface area contributed by atoms with Crippen LogP contribution in [0.4, 0.5) is 0 Å². The van der Waals surface area contributed by atoms with Crippen LogP contribution in [0.15, 0.2) is 0 Å². The molecule has 0 aromatic carbocycles. The fourth-order valence-corrected chi connectivity index (χ4v) is 1.11. The maximum absolute atomic E-state index is 11.0. The number of carbonyl (C=O) groups is 1. The number of rotatable bonds is 5. The van der Waals surface area contributed by atoms with E-state index in [-0.39, 0.29) is 31.4 Å². The van der Waals surface area contributed by atoms with Gasteiger partial charge in [0.15, 0.2) is 0 Å². The summed E-state index contributed by atoms with van der Waals surface area (Å²) in [4.78, 5) is 11.0. The third-order valence-corrected chi connectivity index (χ3v) is 1.93. The van der Waals surface area contributed by atoms with Gasteiger partial charge in [-0.05, 0) is 12.8 Å². The molecule has 0 aromatic rings. The van der Waals surface area contributed by atoms with Gasteiger partial charge in [-0.3, -0.25) is 4.79 Å². The summed E-state index contributed by atoms with van der Waals surface area (Å²) in [6.45, 7) is 4.15. The molecule has 1 atom stereocenters. The van der Waals surface area contributed by atoms with Gasteiger partial charge < -0.3 is 4.65 Å². The Labute approximate surface area is 88.6 Å². The molecule has 1 unspecified atom stereocenters. The van der Waals surface area contributed by atoms with Gasteiger partial charge in [0.25, 0.3) is 5.97 Å². The van der Waals surface area contributed by atoms with Crippen molar-refractivity contribution in [3.05, 3.63) is 0 Å². The van der Waals surface area contributed by atoms with Crippen LogP contribution in [-0.4, -0.2) is 14.0 Å². The van der Waals surface area contributed by atoms with E-state index in [1.165, 1.54) is 8.05 Å². The molecular weight excluding hydrogens is 204 g/mol. The van der Waals surface area contributed by atoms with Crippen molar-refractivity contribution in [1.29, 1.82) is 0 Å². The second-order valence-electron chi connectivity index (χ2n) is 2.77. The minimum atomic E-state index is -0.0547. The van der Waals surface area contributed by atoms with Crippen LogP contribution >= 0.6 is 0 Å². The van der Waals surface area contributed by atoms with Crippen LogP contribution in [-0.2, 0) is 28.9 Å². The molecule has 0 fully saturated rings. The van der Waals surface area contributed by atoms with Crippen molar-refractivity contribution < 1.29 is 28.9 Å². The Balaban J connectivity index is 0. The van der Waals surface area contributed by atoms with Gasteiger partial charge in [0.05, 0.1) is 5.92 Å². The Morgan fingerprint density at radius 3 is 2.42 bits per heavy atom. The molecule has 4 heteroatoms. The third-order valence-electron chi connectivity index (χ3n) is 1.93. The van der Waals surface area contributed by atoms with E-state index in [0.29, 0.717) is 0 Å². The Hall–Kier alpha value is 0.158. The molecule has 0 N–H and O–H groups in total. The third kappa shape index (κ3) is 5.76. The molecular formula is C8H17BO2Zn. The van der Waals surface area contributed by atoms with Crippen LogP contribution in [0.5, 0.6) is 0 Å². The zero-order chi connectivity index (χ0) is 8.69. The number of hydrogen-bond donors (Lipinski definition) is 0. The summed E-state index contributed by atoms with van der Waals surface area (Å²) in [5, 5.41) is 0. The number of hydrogen-bond acceptors (Lipinski definition) is 2. The van der Waals surface area contributed by atoms with Gasteiger partial charge in [-0.1, -0.05) is 26.7 Å². The Bertz CT molecular complexity index is 120. The summed E-state index contributed by atoms with van der Waals surface area (Å²) >= 11 is 0. The molecule has 2 nitrogen and oxygen atoms in total. The van der Waals surface area contributed by atoms with Crippen LogP contribution in [0.25, 0.3) is 0 Å². The van der Waals surface area contributed by atoms with Crippen molar-refractivity contribution in [2.45, 2.75) is 39.5 Å². The molecule has 0 bridgehead atoms. The SMILES string of the molecule is BOC(=O)C(CC)CCCC.[Zn]. The fourth-order valence-electron chi connectivity index (χ4n) is 1.11. The van der Waals surface area contributed by atoms with Crippen molar-refractivity contribution in [3.63, 3.8) is 0 Å². The molecule has 12 heavy (non-hydrogen) atoms. The summed E-state index contributed by atoms with van der Waals surface area (Å²) in [6, 6.07) is 0. The summed E-state index contributed by atoms with van der Waals surface area (Å²) in [7, 11) is 1.46. The first-order valence-electron chi connectivity index (χ1n) is 4.34. The van der Waals surface area contributed by atoms with Crippen molar-refractivity contribution in [2.75, 3.05) is 0 Å². The zero-order valence-corrected chi connectivity index (χ0v) is 11.4. The molecule has 0 aromatic heterocycles. The quantitative estimate of drug-likeness (QED) is 0.654. The summed E-state index contributed by atoms with van der Waals surface area (Å²) < 4.78 is 4.66. The van der Waals surface area contributed by atoms with E-state index in [1.807, 2.05) is 6.92 Å². The summed E-state index contributed by atoms with van der Waals surface area (Å²) in [6.07, 6.45) is 4.13. The predicted molar refractivity (Wildman–Crippen MR) is 47.9 cm³/mol. The molecule has 0 rings (SSSR count). The average Bonchev–Trinajstić information content (AvgIpc) is 2.05. The van der Waals surface area contributed by atoms with E-state index in [4.69, 9.17) is 0 Å². The van der Waals surface area contributed by atoms with Gasteiger partial charge in [-0.15, -0.1) is 0 Å². The molecule has 0 heterocycles. The monoisotopic (exact) mass is 220 g/mol. The van der Waals surface area contributed by atoms with Gasteiger partial charge in [-0.25, -0.2) is 0 Å². The number of carbonyl (C=O) groups excluding carboxylic acids is 1. The number of unbranched alkanes of at least 4 members (excludes halogenated alkanes) is 1. The molecule has 0 amide bonds. The van der Waals surface area contributed by atoms with E-state index in [9.17, 15) is 4.79 Å². The first-order chi connectivity index (χ1) is 5.26. The zero-order valence-electron chi connectivity index (χ0n) is 8.43. The fraction of sp³-hybridized carbons (Fsp3) is 0.875. The Morgan fingerprint density at radius 1 is 1.50 bits per heavy atom. The minimum Gasteiger partial charge on any atom is -0.543 e. The molecule has 0 aliphatic heterocycles. The van der Waals surface area contributed by atoms with E-state index in [2.05, 4.69) is 11.6 Å².